The van der Waals surface area contributed by atoms with Crippen molar-refractivity contribution < 1.29 is 35.8 Å². The van der Waals surface area contributed by atoms with Crippen LogP contribution in [-0.2, 0) is 16.4 Å². The van der Waals surface area contributed by atoms with E-state index in [2.05, 4.69) is 0 Å². The van der Waals surface area contributed by atoms with Crippen LogP contribution in [-0.4, -0.2) is 26.5 Å². The molecule has 1 aliphatic rings. The second-order valence-corrected chi connectivity index (χ2v) is 7.56. The van der Waals surface area contributed by atoms with E-state index < -0.39 is 50.6 Å². The molecule has 0 bridgehead atoms. The fourth-order valence-corrected chi connectivity index (χ4v) is 3.79. The maximum Gasteiger partial charge on any atom is 0.281 e. The number of rotatable bonds is 4. The first kappa shape index (κ1) is 18.6. The van der Waals surface area contributed by atoms with Gasteiger partial charge >= 0.3 is 0 Å². The average Bonchev–Trinajstić information content (AvgIpc) is 2.77. The standard InChI is InChI=1S/C16H13F4NO4S/c1-21-26(23,24)13-3-2-12(11-7-16(19,20)15(22)14(11)13)25-10-5-8(17)4-9(18)6-10/h2-6,15,21-22H,7H2,1H3/t15-/m0/s1. The first-order valence-electron chi connectivity index (χ1n) is 7.34. The van der Waals surface area contributed by atoms with Gasteiger partial charge in [-0.1, -0.05) is 0 Å². The van der Waals surface area contributed by atoms with E-state index in [1.54, 1.807) is 0 Å². The van der Waals surface area contributed by atoms with Gasteiger partial charge in [0.15, 0.2) is 0 Å². The summed E-state index contributed by atoms with van der Waals surface area (Å²) in [5, 5.41) is 9.91. The molecule has 0 aliphatic heterocycles. The van der Waals surface area contributed by atoms with Crippen LogP contribution in [0, 0.1) is 11.6 Å². The summed E-state index contributed by atoms with van der Waals surface area (Å²) in [4.78, 5) is -0.516. The van der Waals surface area contributed by atoms with Crippen molar-refractivity contribution in [1.82, 2.24) is 4.72 Å². The zero-order chi connectivity index (χ0) is 19.3. The van der Waals surface area contributed by atoms with Crippen LogP contribution in [0.25, 0.3) is 0 Å². The summed E-state index contributed by atoms with van der Waals surface area (Å²) in [6.07, 6.45) is -3.34. The van der Waals surface area contributed by atoms with E-state index in [1.165, 1.54) is 0 Å². The molecule has 0 radical (unpaired) electrons. The quantitative estimate of drug-likeness (QED) is 0.786. The van der Waals surface area contributed by atoms with Crippen LogP contribution in [0.2, 0.25) is 0 Å². The number of hydrogen-bond acceptors (Lipinski definition) is 4. The minimum atomic E-state index is -4.13. The molecule has 0 heterocycles. The lowest BCUT2D eigenvalue weighted by Crippen LogP contribution is -2.24. The maximum absolute atomic E-state index is 14.0. The van der Waals surface area contributed by atoms with Gasteiger partial charge in [0.25, 0.3) is 5.92 Å². The van der Waals surface area contributed by atoms with Crippen LogP contribution >= 0.6 is 0 Å². The second-order valence-electron chi connectivity index (χ2n) is 5.71. The third kappa shape index (κ3) is 3.15. The van der Waals surface area contributed by atoms with Crippen molar-refractivity contribution in [3.05, 3.63) is 53.1 Å². The molecule has 1 aliphatic carbocycles. The Morgan fingerprint density at radius 1 is 1.19 bits per heavy atom. The van der Waals surface area contributed by atoms with Crippen LogP contribution in [0.5, 0.6) is 11.5 Å². The second kappa shape index (κ2) is 6.22. The predicted molar refractivity (Wildman–Crippen MR) is 82.7 cm³/mol. The molecule has 2 N–H and O–H groups in total. The zero-order valence-electron chi connectivity index (χ0n) is 13.3. The number of aliphatic hydroxyl groups is 1. The minimum Gasteiger partial charge on any atom is -0.457 e. The fourth-order valence-electron chi connectivity index (χ4n) is 2.80. The summed E-state index contributed by atoms with van der Waals surface area (Å²) in [6, 6.07) is 4.38. The van der Waals surface area contributed by atoms with Gasteiger partial charge in [-0.05, 0) is 19.2 Å². The van der Waals surface area contributed by atoms with Gasteiger partial charge in [0.1, 0.15) is 29.2 Å². The molecule has 0 aromatic heterocycles. The van der Waals surface area contributed by atoms with Gasteiger partial charge < -0.3 is 9.84 Å². The van der Waals surface area contributed by atoms with Crippen molar-refractivity contribution in [2.45, 2.75) is 23.3 Å². The number of alkyl halides is 2. The van der Waals surface area contributed by atoms with E-state index in [0.29, 0.717) is 6.07 Å². The van der Waals surface area contributed by atoms with E-state index in [4.69, 9.17) is 4.74 Å². The Balaban J connectivity index is 2.15. The highest BCUT2D eigenvalue weighted by Crippen LogP contribution is 2.49. The summed E-state index contributed by atoms with van der Waals surface area (Å²) < 4.78 is 86.0. The van der Waals surface area contributed by atoms with Crippen LogP contribution in [0.4, 0.5) is 17.6 Å². The Morgan fingerprint density at radius 3 is 2.38 bits per heavy atom. The molecule has 0 amide bonds. The van der Waals surface area contributed by atoms with Crippen molar-refractivity contribution in [3.8, 4) is 11.5 Å². The third-order valence-electron chi connectivity index (χ3n) is 3.98. The number of ether oxygens (including phenoxy) is 1. The molecule has 10 heteroatoms. The average molecular weight is 391 g/mol. The topological polar surface area (TPSA) is 75.6 Å². The van der Waals surface area contributed by atoms with E-state index in [0.717, 1.165) is 31.3 Å². The number of benzene rings is 2. The number of nitrogens with one attached hydrogen (secondary N) is 1. The van der Waals surface area contributed by atoms with Crippen molar-refractivity contribution in [2.75, 3.05) is 7.05 Å². The molecule has 2 aromatic rings. The Morgan fingerprint density at radius 2 is 1.81 bits per heavy atom. The third-order valence-corrected chi connectivity index (χ3v) is 5.45. The Hall–Kier alpha value is -2.17. The van der Waals surface area contributed by atoms with Gasteiger partial charge in [-0.3, -0.25) is 0 Å². The summed E-state index contributed by atoms with van der Waals surface area (Å²) in [5.41, 5.74) is -0.748. The molecule has 0 unspecified atom stereocenters. The Labute approximate surface area is 146 Å². The number of hydrogen-bond donors (Lipinski definition) is 2. The smallest absolute Gasteiger partial charge is 0.281 e. The van der Waals surface area contributed by atoms with E-state index in [-0.39, 0.29) is 17.1 Å². The summed E-state index contributed by atoms with van der Waals surface area (Å²) >= 11 is 0. The highest BCUT2D eigenvalue weighted by molar-refractivity contribution is 7.89. The molecule has 5 nitrogen and oxygen atoms in total. The molecule has 26 heavy (non-hydrogen) atoms. The SMILES string of the molecule is CNS(=O)(=O)c1ccc(Oc2cc(F)cc(F)c2)c2c1[C@H](O)C(F)(F)C2. The molecular formula is C16H13F4NO4S. The normalized spacial score (nSPS) is 18.6. The zero-order valence-corrected chi connectivity index (χ0v) is 14.1. The van der Waals surface area contributed by atoms with Gasteiger partial charge in [-0.15, -0.1) is 0 Å². The monoisotopic (exact) mass is 391 g/mol. The molecule has 3 rings (SSSR count). The molecule has 0 spiro atoms. The summed E-state index contributed by atoms with van der Waals surface area (Å²) in [6.45, 7) is 0. The minimum absolute atomic E-state index is 0.226. The van der Waals surface area contributed by atoms with Gasteiger partial charge in [0, 0.05) is 35.7 Å². The lowest BCUT2D eigenvalue weighted by molar-refractivity contribution is -0.0976. The lowest BCUT2D eigenvalue weighted by Gasteiger charge is -2.16. The number of sulfonamides is 1. The van der Waals surface area contributed by atoms with E-state index >= 15 is 0 Å². The van der Waals surface area contributed by atoms with Crippen molar-refractivity contribution in [2.24, 2.45) is 0 Å². The summed E-state index contributed by atoms with van der Waals surface area (Å²) in [7, 11) is -3.03. The van der Waals surface area contributed by atoms with Crippen LogP contribution in [0.1, 0.15) is 17.2 Å². The molecule has 2 aromatic carbocycles. The molecular weight excluding hydrogens is 378 g/mol. The molecule has 0 fully saturated rings. The summed E-state index contributed by atoms with van der Waals surface area (Å²) in [5.74, 6) is -6.00. The first-order valence-corrected chi connectivity index (χ1v) is 8.82. The maximum atomic E-state index is 14.0. The first-order chi connectivity index (χ1) is 12.0. The van der Waals surface area contributed by atoms with Gasteiger partial charge in [-0.25, -0.2) is 30.7 Å². The molecule has 0 saturated heterocycles. The van der Waals surface area contributed by atoms with Crippen molar-refractivity contribution >= 4 is 10.0 Å². The van der Waals surface area contributed by atoms with E-state index in [9.17, 15) is 31.1 Å². The lowest BCUT2D eigenvalue weighted by atomic mass is 10.1. The molecule has 140 valence electrons. The largest absolute Gasteiger partial charge is 0.457 e. The van der Waals surface area contributed by atoms with Crippen LogP contribution in [0.3, 0.4) is 0 Å². The molecule has 0 saturated carbocycles. The Bertz CT molecular complexity index is 958. The van der Waals surface area contributed by atoms with Crippen LogP contribution < -0.4 is 9.46 Å². The predicted octanol–water partition coefficient (Wildman–Crippen LogP) is 2.89. The van der Waals surface area contributed by atoms with Crippen molar-refractivity contribution in [3.63, 3.8) is 0 Å². The number of aliphatic hydroxyl groups excluding tert-OH is 1. The molecule has 1 atom stereocenters. The Kier molecular flexibility index (Phi) is 4.45. The fraction of sp³-hybridized carbons (Fsp3) is 0.250. The van der Waals surface area contributed by atoms with Crippen LogP contribution in [0.15, 0.2) is 35.2 Å². The highest BCUT2D eigenvalue weighted by atomic mass is 32.2. The van der Waals surface area contributed by atoms with Gasteiger partial charge in [0.2, 0.25) is 10.0 Å². The number of halogens is 4. The highest BCUT2D eigenvalue weighted by Gasteiger charge is 2.50. The van der Waals surface area contributed by atoms with Gasteiger partial charge in [-0.2, -0.15) is 0 Å². The van der Waals surface area contributed by atoms with Crippen molar-refractivity contribution in [1.29, 1.82) is 0 Å². The van der Waals surface area contributed by atoms with Gasteiger partial charge in [0.05, 0.1) is 4.90 Å². The van der Waals surface area contributed by atoms with E-state index in [1.807, 2.05) is 4.72 Å². The number of fused-ring (bicyclic) bond motifs is 1.